The van der Waals surface area contributed by atoms with Crippen LogP contribution in [0.4, 0.5) is 0 Å². The molecule has 1 aliphatic heterocycles. The summed E-state index contributed by atoms with van der Waals surface area (Å²) in [5, 5.41) is 3.41. The van der Waals surface area contributed by atoms with Gasteiger partial charge in [-0.15, -0.1) is 0 Å². The van der Waals surface area contributed by atoms with Crippen LogP contribution in [-0.2, 0) is 6.54 Å². The van der Waals surface area contributed by atoms with Crippen LogP contribution in [0, 0.1) is 12.8 Å². The van der Waals surface area contributed by atoms with Gasteiger partial charge in [0.2, 0.25) is 0 Å². The summed E-state index contributed by atoms with van der Waals surface area (Å²) in [6, 6.07) is 1.88. The zero-order chi connectivity index (χ0) is 12.3. The van der Waals surface area contributed by atoms with Gasteiger partial charge in [0.05, 0.1) is 0 Å². The molecule has 94 valence electrons. The van der Waals surface area contributed by atoms with E-state index in [1.807, 2.05) is 23.8 Å². The molecule has 1 atom stereocenters. The first-order valence-corrected chi connectivity index (χ1v) is 7.03. The Bertz CT molecular complexity index is 436. The van der Waals surface area contributed by atoms with Gasteiger partial charge in [-0.05, 0) is 67.2 Å². The summed E-state index contributed by atoms with van der Waals surface area (Å²) < 4.78 is 2.81. The number of pyridine rings is 1. The number of aryl methyl sites for hydroxylation is 2. The first-order chi connectivity index (χ1) is 8.16. The third-order valence-corrected chi connectivity index (χ3v) is 3.84. The van der Waals surface area contributed by atoms with Crippen molar-refractivity contribution in [1.29, 1.82) is 0 Å². The molecule has 1 unspecified atom stereocenters. The fourth-order valence-electron chi connectivity index (χ4n) is 2.40. The second kappa shape index (κ2) is 5.83. The van der Waals surface area contributed by atoms with Crippen LogP contribution in [0.2, 0.25) is 0 Å². The summed E-state index contributed by atoms with van der Waals surface area (Å²) in [6.07, 6.45) is 5.53. The Balaban J connectivity index is 2.00. The van der Waals surface area contributed by atoms with Gasteiger partial charge in [-0.1, -0.05) is 0 Å². The normalized spacial score (nSPS) is 20.5. The number of hydrogen-bond acceptors (Lipinski definition) is 2. The smallest absolute Gasteiger partial charge is 0.253 e. The molecule has 1 fully saturated rings. The number of halogens is 1. The van der Waals surface area contributed by atoms with E-state index in [0.29, 0.717) is 0 Å². The molecule has 3 nitrogen and oxygen atoms in total. The number of nitrogens with one attached hydrogen (secondary N) is 1. The molecule has 0 saturated carbocycles. The minimum Gasteiger partial charge on any atom is -0.316 e. The molecule has 1 aromatic heterocycles. The van der Waals surface area contributed by atoms with Gasteiger partial charge in [0.15, 0.2) is 0 Å². The Morgan fingerprint density at radius 1 is 1.59 bits per heavy atom. The SMILES string of the molecule is Cc1cc(Br)cn(CCC2CCCNC2)c1=O. The molecule has 2 heterocycles. The molecule has 0 amide bonds. The van der Waals surface area contributed by atoms with Gasteiger partial charge in [0, 0.05) is 22.8 Å². The van der Waals surface area contributed by atoms with Gasteiger partial charge in [-0.3, -0.25) is 4.79 Å². The Kier molecular flexibility index (Phi) is 4.40. The fraction of sp³-hybridized carbons (Fsp3) is 0.615. The quantitative estimate of drug-likeness (QED) is 0.929. The fourth-order valence-corrected chi connectivity index (χ4v) is 2.99. The van der Waals surface area contributed by atoms with E-state index in [-0.39, 0.29) is 5.56 Å². The van der Waals surface area contributed by atoms with Gasteiger partial charge >= 0.3 is 0 Å². The van der Waals surface area contributed by atoms with Gasteiger partial charge in [-0.2, -0.15) is 0 Å². The molecule has 1 aliphatic rings. The Morgan fingerprint density at radius 2 is 2.41 bits per heavy atom. The van der Waals surface area contributed by atoms with E-state index >= 15 is 0 Å². The van der Waals surface area contributed by atoms with Crippen molar-refractivity contribution in [3.63, 3.8) is 0 Å². The van der Waals surface area contributed by atoms with Crippen LogP contribution in [0.1, 0.15) is 24.8 Å². The van der Waals surface area contributed by atoms with E-state index < -0.39 is 0 Å². The minimum atomic E-state index is 0.136. The highest BCUT2D eigenvalue weighted by Crippen LogP contribution is 2.15. The van der Waals surface area contributed by atoms with Crippen molar-refractivity contribution < 1.29 is 0 Å². The molecule has 1 aromatic rings. The van der Waals surface area contributed by atoms with Crippen LogP contribution < -0.4 is 10.9 Å². The topological polar surface area (TPSA) is 34.0 Å². The van der Waals surface area contributed by atoms with Crippen molar-refractivity contribution in [2.24, 2.45) is 5.92 Å². The molecule has 0 aromatic carbocycles. The molecular weight excluding hydrogens is 280 g/mol. The number of nitrogens with zero attached hydrogens (tertiary/aromatic N) is 1. The molecule has 0 radical (unpaired) electrons. The summed E-state index contributed by atoms with van der Waals surface area (Å²) in [5.74, 6) is 0.718. The number of piperidine rings is 1. The Hall–Kier alpha value is -0.610. The van der Waals surface area contributed by atoms with E-state index in [4.69, 9.17) is 0 Å². The Morgan fingerprint density at radius 3 is 3.12 bits per heavy atom. The average Bonchev–Trinajstić information content (AvgIpc) is 2.33. The maximum absolute atomic E-state index is 11.9. The standard InChI is InChI=1S/C13H19BrN2O/c1-10-7-12(14)9-16(13(10)17)6-4-11-3-2-5-15-8-11/h7,9,11,15H,2-6,8H2,1H3. The highest BCUT2D eigenvalue weighted by molar-refractivity contribution is 9.10. The first kappa shape index (κ1) is 12.8. The van der Waals surface area contributed by atoms with E-state index in [1.54, 1.807) is 0 Å². The lowest BCUT2D eigenvalue weighted by Gasteiger charge is -2.23. The summed E-state index contributed by atoms with van der Waals surface area (Å²) in [6.45, 7) is 4.94. The van der Waals surface area contributed by atoms with E-state index in [0.717, 1.165) is 42.0 Å². The molecule has 1 N–H and O–H groups in total. The second-order valence-corrected chi connectivity index (χ2v) is 5.76. The molecule has 0 bridgehead atoms. The number of rotatable bonds is 3. The second-order valence-electron chi connectivity index (χ2n) is 4.84. The highest BCUT2D eigenvalue weighted by Gasteiger charge is 2.13. The van der Waals surface area contributed by atoms with Crippen molar-refractivity contribution in [2.45, 2.75) is 32.7 Å². The summed E-state index contributed by atoms with van der Waals surface area (Å²) in [7, 11) is 0. The molecule has 0 aliphatic carbocycles. The van der Waals surface area contributed by atoms with Gasteiger partial charge in [0.1, 0.15) is 0 Å². The lowest BCUT2D eigenvalue weighted by molar-refractivity contribution is 0.340. The van der Waals surface area contributed by atoms with Crippen molar-refractivity contribution in [2.75, 3.05) is 13.1 Å². The summed E-state index contributed by atoms with van der Waals surface area (Å²) >= 11 is 3.44. The van der Waals surface area contributed by atoms with Crippen molar-refractivity contribution in [1.82, 2.24) is 9.88 Å². The van der Waals surface area contributed by atoms with Crippen molar-refractivity contribution in [3.05, 3.63) is 32.7 Å². The van der Waals surface area contributed by atoms with Crippen LogP contribution in [-0.4, -0.2) is 17.7 Å². The minimum absolute atomic E-state index is 0.136. The predicted molar refractivity (Wildman–Crippen MR) is 73.3 cm³/mol. The summed E-state index contributed by atoms with van der Waals surface area (Å²) in [4.78, 5) is 11.9. The highest BCUT2D eigenvalue weighted by atomic mass is 79.9. The summed E-state index contributed by atoms with van der Waals surface area (Å²) in [5.41, 5.74) is 0.943. The lowest BCUT2D eigenvalue weighted by atomic mass is 9.96. The van der Waals surface area contributed by atoms with Crippen molar-refractivity contribution in [3.8, 4) is 0 Å². The van der Waals surface area contributed by atoms with Gasteiger partial charge < -0.3 is 9.88 Å². The molecule has 0 spiro atoms. The predicted octanol–water partition coefficient (Wildman–Crippen LogP) is 2.31. The molecule has 4 heteroatoms. The number of hydrogen-bond donors (Lipinski definition) is 1. The maximum Gasteiger partial charge on any atom is 0.253 e. The molecule has 1 saturated heterocycles. The third kappa shape index (κ3) is 3.42. The zero-order valence-electron chi connectivity index (χ0n) is 10.2. The van der Waals surface area contributed by atoms with Gasteiger partial charge in [-0.25, -0.2) is 0 Å². The lowest BCUT2D eigenvalue weighted by Crippen LogP contribution is -2.31. The average molecular weight is 299 g/mol. The first-order valence-electron chi connectivity index (χ1n) is 6.24. The van der Waals surface area contributed by atoms with E-state index in [1.165, 1.54) is 12.8 Å². The monoisotopic (exact) mass is 298 g/mol. The van der Waals surface area contributed by atoms with Crippen LogP contribution >= 0.6 is 15.9 Å². The molecule has 17 heavy (non-hydrogen) atoms. The van der Waals surface area contributed by atoms with Gasteiger partial charge in [0.25, 0.3) is 5.56 Å². The third-order valence-electron chi connectivity index (χ3n) is 3.41. The largest absolute Gasteiger partial charge is 0.316 e. The van der Waals surface area contributed by atoms with Crippen molar-refractivity contribution >= 4 is 15.9 Å². The zero-order valence-corrected chi connectivity index (χ0v) is 11.8. The van der Waals surface area contributed by atoms with Crippen LogP contribution in [0.3, 0.4) is 0 Å². The van der Waals surface area contributed by atoms with E-state index in [9.17, 15) is 4.79 Å². The maximum atomic E-state index is 11.9. The van der Waals surface area contributed by atoms with Crippen LogP contribution in [0.5, 0.6) is 0 Å². The molecule has 2 rings (SSSR count). The van der Waals surface area contributed by atoms with E-state index in [2.05, 4.69) is 21.2 Å². The number of aromatic nitrogens is 1. The Labute approximate surface area is 110 Å². The molecular formula is C13H19BrN2O. The van der Waals surface area contributed by atoms with Crippen LogP contribution in [0.15, 0.2) is 21.5 Å². The van der Waals surface area contributed by atoms with Crippen LogP contribution in [0.25, 0.3) is 0 Å².